The highest BCUT2D eigenvalue weighted by Gasteiger charge is 2.26. The highest BCUT2D eigenvalue weighted by atomic mass is 16.4. The molecule has 0 unspecified atom stereocenters. The van der Waals surface area contributed by atoms with Crippen molar-refractivity contribution < 1.29 is 9.21 Å². The lowest BCUT2D eigenvalue weighted by Crippen LogP contribution is -2.48. The first-order chi connectivity index (χ1) is 10.4. The average molecular weight is 304 g/mol. The summed E-state index contributed by atoms with van der Waals surface area (Å²) in [6, 6.07) is 2.14. The van der Waals surface area contributed by atoms with E-state index in [9.17, 15) is 4.79 Å². The summed E-state index contributed by atoms with van der Waals surface area (Å²) in [7, 11) is 0. The molecule has 1 N–H and O–H groups in total. The van der Waals surface area contributed by atoms with Gasteiger partial charge in [0.05, 0.1) is 0 Å². The summed E-state index contributed by atoms with van der Waals surface area (Å²) in [5.74, 6) is 1.33. The molecule has 1 aromatic heterocycles. The Balaban J connectivity index is 1.92. The Morgan fingerprint density at radius 3 is 2.73 bits per heavy atom. The van der Waals surface area contributed by atoms with Crippen LogP contribution in [0, 0.1) is 30.1 Å². The van der Waals surface area contributed by atoms with Crippen molar-refractivity contribution in [1.82, 2.24) is 15.2 Å². The van der Waals surface area contributed by atoms with Crippen molar-refractivity contribution in [3.63, 3.8) is 0 Å². The molecule has 0 saturated carbocycles. The van der Waals surface area contributed by atoms with Gasteiger partial charge in [-0.15, -0.1) is 0 Å². The molecule has 120 valence electrons. The third-order valence-electron chi connectivity index (χ3n) is 4.12. The molecule has 1 fully saturated rings. The molecule has 0 radical (unpaired) electrons. The van der Waals surface area contributed by atoms with Gasteiger partial charge in [0, 0.05) is 32.6 Å². The first-order valence-electron chi connectivity index (χ1n) is 7.80. The molecule has 2 heterocycles. The van der Waals surface area contributed by atoms with Crippen LogP contribution < -0.4 is 5.32 Å². The fourth-order valence-corrected chi connectivity index (χ4v) is 3.18. The van der Waals surface area contributed by atoms with E-state index in [0.29, 0.717) is 24.3 Å². The number of hydrogen-bond acceptors (Lipinski definition) is 5. The third-order valence-corrected chi connectivity index (χ3v) is 4.12. The molecule has 1 aliphatic rings. The van der Waals surface area contributed by atoms with Crippen LogP contribution in [-0.2, 0) is 0 Å². The maximum absolute atomic E-state index is 12.1. The fourth-order valence-electron chi connectivity index (χ4n) is 3.18. The van der Waals surface area contributed by atoms with Crippen molar-refractivity contribution in [2.45, 2.75) is 40.2 Å². The van der Waals surface area contributed by atoms with Gasteiger partial charge in [-0.25, -0.2) is 4.98 Å². The van der Waals surface area contributed by atoms with Gasteiger partial charge in [-0.2, -0.15) is 5.26 Å². The van der Waals surface area contributed by atoms with Crippen LogP contribution in [0.5, 0.6) is 0 Å². The van der Waals surface area contributed by atoms with Gasteiger partial charge in [0.1, 0.15) is 6.07 Å². The lowest BCUT2D eigenvalue weighted by molar-refractivity contribution is 0.0846. The normalized spacial score (nSPS) is 23.8. The summed E-state index contributed by atoms with van der Waals surface area (Å²) in [5.41, 5.74) is 0.0443. The van der Waals surface area contributed by atoms with Crippen molar-refractivity contribution >= 4 is 5.91 Å². The van der Waals surface area contributed by atoms with Crippen LogP contribution in [0.25, 0.3) is 0 Å². The zero-order valence-corrected chi connectivity index (χ0v) is 13.7. The number of nitrogens with one attached hydrogen (secondary N) is 1. The number of nitriles is 1. The van der Waals surface area contributed by atoms with Gasteiger partial charge < -0.3 is 9.73 Å². The molecule has 0 bridgehead atoms. The maximum Gasteiger partial charge on any atom is 0.290 e. The van der Waals surface area contributed by atoms with Crippen molar-refractivity contribution in [2.24, 2.45) is 11.8 Å². The molecule has 0 aromatic carbocycles. The van der Waals surface area contributed by atoms with Gasteiger partial charge in [-0.05, 0) is 25.2 Å². The van der Waals surface area contributed by atoms with E-state index in [1.807, 2.05) is 6.07 Å². The fraction of sp³-hybridized carbons (Fsp3) is 0.688. The van der Waals surface area contributed by atoms with Crippen molar-refractivity contribution in [1.29, 1.82) is 5.26 Å². The van der Waals surface area contributed by atoms with Crippen LogP contribution in [0.15, 0.2) is 4.42 Å². The topological polar surface area (TPSA) is 82.2 Å². The van der Waals surface area contributed by atoms with E-state index in [-0.39, 0.29) is 23.4 Å². The Labute approximate surface area is 131 Å². The first-order valence-corrected chi connectivity index (χ1v) is 7.80. The molecule has 3 atom stereocenters. The molecule has 2 rings (SSSR count). The molecule has 6 nitrogen and oxygen atoms in total. The average Bonchev–Trinajstić information content (AvgIpc) is 2.84. The zero-order chi connectivity index (χ0) is 16.3. The van der Waals surface area contributed by atoms with E-state index < -0.39 is 0 Å². The SMILES string of the molecule is Cc1nc(C#N)c(C(=O)NC[C@H](C)N2C[C@@H](C)C[C@H](C)C2)o1. The van der Waals surface area contributed by atoms with Gasteiger partial charge in [-0.3, -0.25) is 9.69 Å². The number of amides is 1. The van der Waals surface area contributed by atoms with E-state index in [1.165, 1.54) is 6.42 Å². The molecule has 22 heavy (non-hydrogen) atoms. The second-order valence-corrected chi connectivity index (χ2v) is 6.48. The molecule has 0 aliphatic carbocycles. The molecular formula is C16H24N4O2. The number of carbonyl (C=O) groups is 1. The van der Waals surface area contributed by atoms with E-state index in [4.69, 9.17) is 9.68 Å². The van der Waals surface area contributed by atoms with E-state index in [1.54, 1.807) is 6.92 Å². The van der Waals surface area contributed by atoms with Crippen LogP contribution in [0.1, 0.15) is 49.3 Å². The van der Waals surface area contributed by atoms with Gasteiger partial charge in [0.2, 0.25) is 5.76 Å². The maximum atomic E-state index is 12.1. The highest BCUT2D eigenvalue weighted by molar-refractivity contribution is 5.93. The second-order valence-electron chi connectivity index (χ2n) is 6.48. The first kappa shape index (κ1) is 16.5. The highest BCUT2D eigenvalue weighted by Crippen LogP contribution is 2.22. The summed E-state index contributed by atoms with van der Waals surface area (Å²) in [4.78, 5) is 18.4. The number of rotatable bonds is 4. The minimum atomic E-state index is -0.373. The third kappa shape index (κ3) is 3.86. The zero-order valence-electron chi connectivity index (χ0n) is 13.7. The van der Waals surface area contributed by atoms with Gasteiger partial charge in [0.25, 0.3) is 5.91 Å². The monoisotopic (exact) mass is 304 g/mol. The minimum Gasteiger partial charge on any atom is -0.434 e. The molecule has 1 saturated heterocycles. The van der Waals surface area contributed by atoms with E-state index >= 15 is 0 Å². The van der Waals surface area contributed by atoms with Crippen molar-refractivity contribution in [3.8, 4) is 6.07 Å². The Bertz CT molecular complexity index is 565. The van der Waals surface area contributed by atoms with Crippen LogP contribution >= 0.6 is 0 Å². The van der Waals surface area contributed by atoms with Crippen LogP contribution in [0.3, 0.4) is 0 Å². The van der Waals surface area contributed by atoms with Crippen LogP contribution in [0.2, 0.25) is 0 Å². The number of nitrogens with zero attached hydrogens (tertiary/aromatic N) is 3. The Morgan fingerprint density at radius 1 is 1.50 bits per heavy atom. The van der Waals surface area contributed by atoms with Crippen molar-refractivity contribution in [3.05, 3.63) is 17.3 Å². The molecule has 6 heteroatoms. The van der Waals surface area contributed by atoms with Crippen LogP contribution in [-0.4, -0.2) is 41.5 Å². The van der Waals surface area contributed by atoms with Gasteiger partial charge in [-0.1, -0.05) is 13.8 Å². The summed E-state index contributed by atoms with van der Waals surface area (Å²) in [5, 5.41) is 11.8. The molecule has 1 amide bonds. The number of piperidine rings is 1. The summed E-state index contributed by atoms with van der Waals surface area (Å²) >= 11 is 0. The lowest BCUT2D eigenvalue weighted by atomic mass is 9.91. The number of oxazole rings is 1. The largest absolute Gasteiger partial charge is 0.434 e. The second kappa shape index (κ2) is 6.93. The Hall–Kier alpha value is -1.87. The summed E-state index contributed by atoms with van der Waals surface area (Å²) < 4.78 is 5.22. The molecule has 1 aromatic rings. The van der Waals surface area contributed by atoms with Gasteiger partial charge in [0.15, 0.2) is 11.6 Å². The predicted octanol–water partition coefficient (Wildman–Crippen LogP) is 1.95. The van der Waals surface area contributed by atoms with Crippen LogP contribution in [0.4, 0.5) is 0 Å². The number of aryl methyl sites for hydroxylation is 1. The summed E-state index contributed by atoms with van der Waals surface area (Å²) in [6.45, 7) is 10.9. The van der Waals surface area contributed by atoms with Crippen molar-refractivity contribution in [2.75, 3.05) is 19.6 Å². The van der Waals surface area contributed by atoms with E-state index in [0.717, 1.165) is 13.1 Å². The lowest BCUT2D eigenvalue weighted by Gasteiger charge is -2.38. The van der Waals surface area contributed by atoms with E-state index in [2.05, 4.69) is 36.0 Å². The minimum absolute atomic E-state index is 0.00702. The Kier molecular flexibility index (Phi) is 5.19. The quantitative estimate of drug-likeness (QED) is 0.919. The number of aromatic nitrogens is 1. The number of carbonyl (C=O) groups excluding carboxylic acids is 1. The predicted molar refractivity (Wildman–Crippen MR) is 82.3 cm³/mol. The Morgan fingerprint density at radius 2 is 2.14 bits per heavy atom. The number of hydrogen-bond donors (Lipinski definition) is 1. The molecule has 0 spiro atoms. The smallest absolute Gasteiger partial charge is 0.290 e. The molecule has 1 aliphatic heterocycles. The molecular weight excluding hydrogens is 280 g/mol. The standard InChI is InChI=1S/C16H24N4O2/c1-10-5-11(2)9-20(8-10)12(3)7-18-16(21)15-14(6-17)19-13(4)22-15/h10-12H,5,7-9H2,1-4H3,(H,18,21)/t10-,11-,12-/m0/s1. The summed E-state index contributed by atoms with van der Waals surface area (Å²) in [6.07, 6.45) is 1.26. The van der Waals surface area contributed by atoms with Gasteiger partial charge >= 0.3 is 0 Å². The number of likely N-dealkylation sites (tertiary alicyclic amines) is 1.